The smallest absolute Gasteiger partial charge is 0.314 e. The van der Waals surface area contributed by atoms with Gasteiger partial charge in [0.05, 0.1) is 24.3 Å². The minimum Gasteiger partial charge on any atom is -0.379 e. The van der Waals surface area contributed by atoms with Gasteiger partial charge in [0.25, 0.3) is 11.8 Å². The maximum absolute atomic E-state index is 12.4. The van der Waals surface area contributed by atoms with Crippen LogP contribution in [0.2, 0.25) is 0 Å². The molecule has 8 nitrogen and oxygen atoms in total. The molecule has 0 bridgehead atoms. The van der Waals surface area contributed by atoms with Gasteiger partial charge in [0.15, 0.2) is 0 Å². The lowest BCUT2D eigenvalue weighted by atomic mass is 10.1. The van der Waals surface area contributed by atoms with E-state index in [4.69, 9.17) is 4.74 Å². The third kappa shape index (κ3) is 5.30. The Kier molecular flexibility index (Phi) is 7.41. The van der Waals surface area contributed by atoms with Crippen LogP contribution in [0.3, 0.4) is 0 Å². The first-order valence-corrected chi connectivity index (χ1v) is 10.3. The fourth-order valence-electron chi connectivity index (χ4n) is 3.30. The number of hydrogen-bond acceptors (Lipinski definition) is 5. The summed E-state index contributed by atoms with van der Waals surface area (Å²) in [6, 6.07) is 4.84. The molecule has 0 aromatic heterocycles. The van der Waals surface area contributed by atoms with Crippen LogP contribution < -0.4 is 10.6 Å². The van der Waals surface area contributed by atoms with Crippen molar-refractivity contribution in [1.29, 1.82) is 0 Å². The first kappa shape index (κ1) is 20.8. The molecule has 0 unspecified atom stereocenters. The zero-order valence-corrected chi connectivity index (χ0v) is 17.3. The lowest BCUT2D eigenvalue weighted by molar-refractivity contribution is 0.0375. The summed E-state index contributed by atoms with van der Waals surface area (Å²) in [5.41, 5.74) is 0.851. The Morgan fingerprint density at radius 1 is 1.00 bits per heavy atom. The van der Waals surface area contributed by atoms with Crippen molar-refractivity contribution >= 4 is 33.8 Å². The standard InChI is InChI=1S/C19H25BrN4O4/c20-14-3-4-15-16(13-14)18(26)24(17(15)25)8-2-6-22-19(27)21-5-1-7-23-9-11-28-12-10-23/h3-4,13H,1-2,5-12H2,(H2,21,22,27). The molecular weight excluding hydrogens is 428 g/mol. The van der Waals surface area contributed by atoms with Gasteiger partial charge in [-0.1, -0.05) is 15.9 Å². The molecular formula is C19H25BrN4O4. The molecule has 4 amide bonds. The van der Waals surface area contributed by atoms with Gasteiger partial charge in [-0.05, 0) is 37.6 Å². The number of hydrogen-bond donors (Lipinski definition) is 2. The highest BCUT2D eigenvalue weighted by Gasteiger charge is 2.34. The van der Waals surface area contributed by atoms with Crippen molar-refractivity contribution < 1.29 is 19.1 Å². The lowest BCUT2D eigenvalue weighted by Crippen LogP contribution is -2.40. The number of amides is 4. The van der Waals surface area contributed by atoms with Gasteiger partial charge in [-0.3, -0.25) is 19.4 Å². The number of morpholine rings is 1. The fourth-order valence-corrected chi connectivity index (χ4v) is 3.66. The number of halogens is 1. The number of carbonyl (C=O) groups is 3. The van der Waals surface area contributed by atoms with E-state index in [9.17, 15) is 14.4 Å². The van der Waals surface area contributed by atoms with Crippen molar-refractivity contribution in [3.05, 3.63) is 33.8 Å². The van der Waals surface area contributed by atoms with Gasteiger partial charge in [-0.15, -0.1) is 0 Å². The predicted octanol–water partition coefficient (Wildman–Crippen LogP) is 1.46. The van der Waals surface area contributed by atoms with Crippen LogP contribution in [0.15, 0.2) is 22.7 Å². The monoisotopic (exact) mass is 452 g/mol. The summed E-state index contributed by atoms with van der Waals surface area (Å²) in [7, 11) is 0. The summed E-state index contributed by atoms with van der Waals surface area (Å²) >= 11 is 3.32. The van der Waals surface area contributed by atoms with Crippen molar-refractivity contribution in [2.24, 2.45) is 0 Å². The van der Waals surface area contributed by atoms with Gasteiger partial charge in [0.2, 0.25) is 0 Å². The first-order valence-electron chi connectivity index (χ1n) is 9.54. The number of urea groups is 1. The molecule has 2 aliphatic rings. The molecule has 1 fully saturated rings. The number of carbonyl (C=O) groups excluding carboxylic acids is 3. The lowest BCUT2D eigenvalue weighted by Gasteiger charge is -2.26. The summed E-state index contributed by atoms with van der Waals surface area (Å²) in [5.74, 6) is -0.561. The van der Waals surface area contributed by atoms with Crippen molar-refractivity contribution in [1.82, 2.24) is 20.4 Å². The molecule has 1 aromatic rings. The number of ether oxygens (including phenoxy) is 1. The SMILES string of the molecule is O=C(NCCCN1CCOCC1)NCCCN1C(=O)c2ccc(Br)cc2C1=O. The van der Waals surface area contributed by atoms with Gasteiger partial charge < -0.3 is 15.4 Å². The number of fused-ring (bicyclic) bond motifs is 1. The van der Waals surface area contributed by atoms with Crippen LogP contribution in [0.5, 0.6) is 0 Å². The molecule has 2 N–H and O–H groups in total. The Morgan fingerprint density at radius 3 is 2.36 bits per heavy atom. The average Bonchev–Trinajstić information content (AvgIpc) is 2.93. The van der Waals surface area contributed by atoms with E-state index in [-0.39, 0.29) is 24.4 Å². The van der Waals surface area contributed by atoms with Crippen LogP contribution in [0, 0.1) is 0 Å². The average molecular weight is 453 g/mol. The summed E-state index contributed by atoms with van der Waals surface area (Å²) in [6.45, 7) is 5.67. The van der Waals surface area contributed by atoms with Crippen molar-refractivity contribution in [3.63, 3.8) is 0 Å². The maximum atomic E-state index is 12.4. The number of benzene rings is 1. The van der Waals surface area contributed by atoms with E-state index >= 15 is 0 Å². The van der Waals surface area contributed by atoms with Gasteiger partial charge in [-0.2, -0.15) is 0 Å². The minimum absolute atomic E-state index is 0.228. The Balaban J connectivity index is 1.30. The summed E-state index contributed by atoms with van der Waals surface area (Å²) in [5, 5.41) is 5.59. The quantitative estimate of drug-likeness (QED) is 0.460. The fraction of sp³-hybridized carbons (Fsp3) is 0.526. The Hall–Kier alpha value is -1.97. The Bertz CT molecular complexity index is 737. The number of imide groups is 1. The molecule has 152 valence electrons. The highest BCUT2D eigenvalue weighted by atomic mass is 79.9. The molecule has 0 radical (unpaired) electrons. The van der Waals surface area contributed by atoms with Gasteiger partial charge in [0, 0.05) is 37.2 Å². The van der Waals surface area contributed by atoms with E-state index in [1.807, 2.05) is 0 Å². The van der Waals surface area contributed by atoms with Crippen LogP contribution in [0.4, 0.5) is 4.79 Å². The molecule has 0 atom stereocenters. The van der Waals surface area contributed by atoms with E-state index < -0.39 is 0 Å². The van der Waals surface area contributed by atoms with E-state index in [2.05, 4.69) is 31.5 Å². The number of rotatable bonds is 8. The molecule has 1 saturated heterocycles. The van der Waals surface area contributed by atoms with Crippen molar-refractivity contribution in [2.75, 3.05) is 52.5 Å². The largest absolute Gasteiger partial charge is 0.379 e. The molecule has 2 heterocycles. The van der Waals surface area contributed by atoms with Gasteiger partial charge in [-0.25, -0.2) is 4.79 Å². The van der Waals surface area contributed by atoms with Crippen molar-refractivity contribution in [2.45, 2.75) is 12.8 Å². The Morgan fingerprint density at radius 2 is 1.64 bits per heavy atom. The van der Waals surface area contributed by atoms with Crippen LogP contribution >= 0.6 is 15.9 Å². The van der Waals surface area contributed by atoms with Crippen LogP contribution in [-0.4, -0.2) is 80.1 Å². The molecule has 3 rings (SSSR count). The van der Waals surface area contributed by atoms with E-state index in [0.717, 1.165) is 43.7 Å². The predicted molar refractivity (Wildman–Crippen MR) is 107 cm³/mol. The van der Waals surface area contributed by atoms with Crippen molar-refractivity contribution in [3.8, 4) is 0 Å². The molecule has 0 aliphatic carbocycles. The topological polar surface area (TPSA) is 91.0 Å². The van der Waals surface area contributed by atoms with Gasteiger partial charge >= 0.3 is 6.03 Å². The Labute approximate surface area is 172 Å². The van der Waals surface area contributed by atoms with Crippen LogP contribution in [0.25, 0.3) is 0 Å². The second-order valence-corrected chi connectivity index (χ2v) is 7.71. The first-order chi connectivity index (χ1) is 13.6. The van der Waals surface area contributed by atoms with E-state index in [0.29, 0.717) is 30.6 Å². The van der Waals surface area contributed by atoms with Crippen LogP contribution in [-0.2, 0) is 4.74 Å². The molecule has 2 aliphatic heterocycles. The molecule has 1 aromatic carbocycles. The van der Waals surface area contributed by atoms with E-state index in [1.165, 1.54) is 4.90 Å². The molecule has 9 heteroatoms. The summed E-state index contributed by atoms with van der Waals surface area (Å²) < 4.78 is 6.07. The molecule has 28 heavy (non-hydrogen) atoms. The summed E-state index contributed by atoms with van der Waals surface area (Å²) in [6.07, 6.45) is 1.39. The molecule has 0 saturated carbocycles. The molecule has 0 spiro atoms. The zero-order valence-electron chi connectivity index (χ0n) is 15.7. The third-order valence-corrected chi connectivity index (χ3v) is 5.31. The number of nitrogens with zero attached hydrogens (tertiary/aromatic N) is 2. The zero-order chi connectivity index (χ0) is 19.9. The second kappa shape index (κ2) is 9.99. The number of nitrogens with one attached hydrogen (secondary N) is 2. The normalized spacial score (nSPS) is 17.0. The van der Waals surface area contributed by atoms with E-state index in [1.54, 1.807) is 18.2 Å². The highest BCUT2D eigenvalue weighted by Crippen LogP contribution is 2.25. The van der Waals surface area contributed by atoms with Crippen LogP contribution in [0.1, 0.15) is 33.6 Å². The second-order valence-electron chi connectivity index (χ2n) is 6.80. The third-order valence-electron chi connectivity index (χ3n) is 4.82. The minimum atomic E-state index is -0.283. The summed E-state index contributed by atoms with van der Waals surface area (Å²) in [4.78, 5) is 40.1. The maximum Gasteiger partial charge on any atom is 0.314 e. The highest BCUT2D eigenvalue weighted by molar-refractivity contribution is 9.10. The van der Waals surface area contributed by atoms with Gasteiger partial charge in [0.1, 0.15) is 0 Å².